The van der Waals surface area contributed by atoms with Crippen molar-refractivity contribution in [3.05, 3.63) is 29.1 Å². The zero-order valence-electron chi connectivity index (χ0n) is 7.29. The van der Waals surface area contributed by atoms with Crippen LogP contribution >= 0.6 is 0 Å². The molecule has 0 amide bonds. The molecule has 0 spiro atoms. The fourth-order valence-electron chi connectivity index (χ4n) is 1.08. The van der Waals surface area contributed by atoms with E-state index < -0.39 is 17.6 Å². The van der Waals surface area contributed by atoms with Crippen molar-refractivity contribution < 1.29 is 14.6 Å². The molecule has 4 N–H and O–H groups in total. The first-order valence-corrected chi connectivity index (χ1v) is 3.92. The highest BCUT2D eigenvalue weighted by Gasteiger charge is 2.14. The highest BCUT2D eigenvalue weighted by Crippen LogP contribution is 2.27. The smallest absolute Gasteiger partial charge is 0.168 e. The number of hydrogen-bond acceptors (Lipinski definition) is 3. The van der Waals surface area contributed by atoms with E-state index in [1.807, 2.05) is 0 Å². The van der Waals surface area contributed by atoms with Gasteiger partial charge >= 0.3 is 0 Å². The number of rotatable bonds is 2. The molecule has 1 aromatic carbocycles. The Balaban J connectivity index is 3.18. The van der Waals surface area contributed by atoms with Gasteiger partial charge in [-0.15, -0.1) is 0 Å². The second-order valence-electron chi connectivity index (χ2n) is 2.92. The van der Waals surface area contributed by atoms with Crippen molar-refractivity contribution in [1.82, 2.24) is 0 Å². The minimum Gasteiger partial charge on any atom is -0.505 e. The van der Waals surface area contributed by atoms with Gasteiger partial charge in [-0.05, 0) is 12.5 Å². The molecule has 13 heavy (non-hydrogen) atoms. The second kappa shape index (κ2) is 3.72. The predicted octanol–water partition coefficient (Wildman–Crippen LogP) is 0.832. The average molecular weight is 185 g/mol. The van der Waals surface area contributed by atoms with Crippen molar-refractivity contribution in [1.29, 1.82) is 0 Å². The van der Waals surface area contributed by atoms with Crippen LogP contribution in [0.2, 0.25) is 0 Å². The predicted molar refractivity (Wildman–Crippen MR) is 46.8 cm³/mol. The van der Waals surface area contributed by atoms with Gasteiger partial charge in [0, 0.05) is 5.56 Å². The highest BCUT2D eigenvalue weighted by molar-refractivity contribution is 5.39. The van der Waals surface area contributed by atoms with Crippen molar-refractivity contribution in [3.63, 3.8) is 0 Å². The molecule has 0 aromatic heterocycles. The van der Waals surface area contributed by atoms with E-state index >= 15 is 0 Å². The van der Waals surface area contributed by atoms with Gasteiger partial charge in [0.2, 0.25) is 0 Å². The molecule has 1 aromatic rings. The highest BCUT2D eigenvalue weighted by atomic mass is 19.1. The molecule has 0 fully saturated rings. The lowest BCUT2D eigenvalue weighted by atomic mass is 10.0. The van der Waals surface area contributed by atoms with Gasteiger partial charge in [-0.2, -0.15) is 0 Å². The number of aromatic hydroxyl groups is 1. The quantitative estimate of drug-likeness (QED) is 0.639. The van der Waals surface area contributed by atoms with Gasteiger partial charge in [-0.1, -0.05) is 12.1 Å². The van der Waals surface area contributed by atoms with Crippen LogP contribution in [0.25, 0.3) is 0 Å². The number of hydrogen-bond donors (Lipinski definition) is 3. The zero-order chi connectivity index (χ0) is 10.0. The summed E-state index contributed by atoms with van der Waals surface area (Å²) in [4.78, 5) is 0. The maximum Gasteiger partial charge on any atom is 0.168 e. The third-order valence-corrected chi connectivity index (χ3v) is 1.94. The van der Waals surface area contributed by atoms with Gasteiger partial charge < -0.3 is 15.9 Å². The summed E-state index contributed by atoms with van der Waals surface area (Å²) in [6.45, 7) is 1.22. The lowest BCUT2D eigenvalue weighted by molar-refractivity contribution is 0.264. The molecule has 0 aliphatic heterocycles. The molecule has 0 aliphatic rings. The number of aliphatic hydroxyl groups is 1. The Kier molecular flexibility index (Phi) is 2.85. The second-order valence-corrected chi connectivity index (χ2v) is 2.92. The van der Waals surface area contributed by atoms with Gasteiger partial charge in [0.15, 0.2) is 11.6 Å². The number of benzene rings is 1. The Morgan fingerprint density at radius 3 is 2.69 bits per heavy atom. The van der Waals surface area contributed by atoms with Crippen LogP contribution in [-0.2, 0) is 0 Å². The minimum atomic E-state index is -0.741. The molecule has 72 valence electrons. The summed E-state index contributed by atoms with van der Waals surface area (Å²) < 4.78 is 13.1. The molecule has 4 heteroatoms. The molecule has 0 heterocycles. The molecule has 3 nitrogen and oxygen atoms in total. The van der Waals surface area contributed by atoms with Crippen LogP contribution in [0.5, 0.6) is 5.75 Å². The first-order valence-electron chi connectivity index (χ1n) is 3.92. The number of halogens is 1. The molecule has 0 radical (unpaired) electrons. The van der Waals surface area contributed by atoms with E-state index in [0.717, 1.165) is 0 Å². The third-order valence-electron chi connectivity index (χ3n) is 1.94. The van der Waals surface area contributed by atoms with Crippen molar-refractivity contribution >= 4 is 0 Å². The van der Waals surface area contributed by atoms with Crippen molar-refractivity contribution in [2.24, 2.45) is 5.73 Å². The third kappa shape index (κ3) is 1.79. The van der Waals surface area contributed by atoms with Crippen LogP contribution in [0.1, 0.15) is 17.2 Å². The molecule has 1 rings (SSSR count). The number of aryl methyl sites for hydroxylation is 1. The van der Waals surface area contributed by atoms with E-state index in [2.05, 4.69) is 0 Å². The summed E-state index contributed by atoms with van der Waals surface area (Å²) in [6, 6.07) is 2.28. The maximum absolute atomic E-state index is 13.1. The molecule has 0 aliphatic carbocycles. The van der Waals surface area contributed by atoms with E-state index in [1.165, 1.54) is 12.1 Å². The van der Waals surface area contributed by atoms with Gasteiger partial charge in [0.05, 0.1) is 12.6 Å². The molecule has 0 saturated carbocycles. The monoisotopic (exact) mass is 185 g/mol. The van der Waals surface area contributed by atoms with Crippen LogP contribution < -0.4 is 5.73 Å². The summed E-state index contributed by atoms with van der Waals surface area (Å²) >= 11 is 0. The number of phenols is 1. The molecule has 0 unspecified atom stereocenters. The van der Waals surface area contributed by atoms with Gasteiger partial charge in [-0.25, -0.2) is 4.39 Å². The van der Waals surface area contributed by atoms with Crippen LogP contribution in [-0.4, -0.2) is 16.8 Å². The van der Waals surface area contributed by atoms with Crippen molar-refractivity contribution in [2.75, 3.05) is 6.61 Å². The fourth-order valence-corrected chi connectivity index (χ4v) is 1.08. The van der Waals surface area contributed by atoms with E-state index in [4.69, 9.17) is 10.8 Å². The Hall–Kier alpha value is -1.13. The van der Waals surface area contributed by atoms with Gasteiger partial charge in [0.25, 0.3) is 0 Å². The van der Waals surface area contributed by atoms with Crippen LogP contribution in [0.3, 0.4) is 0 Å². The normalized spacial score (nSPS) is 12.9. The largest absolute Gasteiger partial charge is 0.505 e. The van der Waals surface area contributed by atoms with E-state index in [-0.39, 0.29) is 12.2 Å². The molecule has 0 saturated heterocycles. The van der Waals surface area contributed by atoms with Crippen molar-refractivity contribution in [2.45, 2.75) is 13.0 Å². The summed E-state index contributed by atoms with van der Waals surface area (Å²) in [7, 11) is 0. The Labute approximate surface area is 75.6 Å². The molecular weight excluding hydrogens is 173 g/mol. The van der Waals surface area contributed by atoms with Crippen molar-refractivity contribution in [3.8, 4) is 5.75 Å². The Morgan fingerprint density at radius 1 is 1.54 bits per heavy atom. The number of nitrogens with two attached hydrogens (primary N) is 1. The Bertz CT molecular complexity index is 315. The van der Waals surface area contributed by atoms with E-state index in [9.17, 15) is 9.50 Å². The lowest BCUT2D eigenvalue weighted by Crippen LogP contribution is -2.15. The zero-order valence-corrected chi connectivity index (χ0v) is 7.29. The van der Waals surface area contributed by atoms with E-state index in [1.54, 1.807) is 6.92 Å². The summed E-state index contributed by atoms with van der Waals surface area (Å²) in [5, 5.41) is 18.0. The topological polar surface area (TPSA) is 66.5 Å². The minimum absolute atomic E-state index is 0.227. The van der Waals surface area contributed by atoms with Gasteiger partial charge in [-0.3, -0.25) is 0 Å². The summed E-state index contributed by atoms with van der Waals surface area (Å²) in [6.07, 6.45) is 0. The Morgan fingerprint density at radius 2 is 2.15 bits per heavy atom. The maximum atomic E-state index is 13.1. The molecular formula is C9H12FNO2. The van der Waals surface area contributed by atoms with Crippen LogP contribution in [0.4, 0.5) is 4.39 Å². The SMILES string of the molecule is Cc1ccc([C@H](N)CO)c(O)c1F. The standard InChI is InChI=1S/C9H12FNO2/c1-5-2-3-6(7(11)4-12)9(13)8(5)10/h2-3,7,12-13H,4,11H2,1H3/t7-/m1/s1. The lowest BCUT2D eigenvalue weighted by Gasteiger charge is -2.11. The number of aliphatic hydroxyl groups excluding tert-OH is 1. The number of phenolic OH excluding ortho intramolecular Hbond substituents is 1. The van der Waals surface area contributed by atoms with Crippen LogP contribution in [0.15, 0.2) is 12.1 Å². The van der Waals surface area contributed by atoms with Gasteiger partial charge in [0.1, 0.15) is 0 Å². The summed E-state index contributed by atoms with van der Waals surface area (Å²) in [5.74, 6) is -1.15. The van der Waals surface area contributed by atoms with E-state index in [0.29, 0.717) is 5.56 Å². The first kappa shape index (κ1) is 9.95. The first-order chi connectivity index (χ1) is 6.07. The molecule has 1 atom stereocenters. The molecule has 0 bridgehead atoms. The summed E-state index contributed by atoms with van der Waals surface area (Å²) in [5.41, 5.74) is 6.02. The van der Waals surface area contributed by atoms with Crippen LogP contribution in [0, 0.1) is 12.7 Å². The average Bonchev–Trinajstić information content (AvgIpc) is 2.13. The fraction of sp³-hybridized carbons (Fsp3) is 0.333.